The number of alkyl halides is 3. The van der Waals surface area contributed by atoms with Crippen LogP contribution in [0.15, 0.2) is 54.7 Å². The van der Waals surface area contributed by atoms with Gasteiger partial charge in [-0.3, -0.25) is 4.98 Å². The van der Waals surface area contributed by atoms with Crippen molar-refractivity contribution in [2.45, 2.75) is 6.18 Å². The second kappa shape index (κ2) is 11.1. The van der Waals surface area contributed by atoms with E-state index in [1.54, 1.807) is 12.3 Å². The number of anilines is 3. The van der Waals surface area contributed by atoms with Crippen LogP contribution in [0.5, 0.6) is 11.5 Å². The van der Waals surface area contributed by atoms with Crippen molar-refractivity contribution in [1.29, 1.82) is 0 Å². The molecule has 0 atom stereocenters. The van der Waals surface area contributed by atoms with Gasteiger partial charge < -0.3 is 25.6 Å². The zero-order valence-electron chi connectivity index (χ0n) is 20.5. The summed E-state index contributed by atoms with van der Waals surface area (Å²) in [6, 6.07) is 8.17. The summed E-state index contributed by atoms with van der Waals surface area (Å²) >= 11 is 5.59. The average Bonchev–Trinajstić information content (AvgIpc) is 2.92. The number of hydrogen-bond acceptors (Lipinski definition) is 6. The number of amides is 2. The first-order valence-corrected chi connectivity index (χ1v) is 12.3. The van der Waals surface area contributed by atoms with Gasteiger partial charge in [0, 0.05) is 55.8 Å². The molecule has 5 rings (SSSR count). The van der Waals surface area contributed by atoms with Crippen molar-refractivity contribution in [1.82, 2.24) is 15.3 Å². The van der Waals surface area contributed by atoms with Gasteiger partial charge in [0.15, 0.2) is 11.6 Å². The number of fused-ring (bicyclic) bond motifs is 1. The van der Waals surface area contributed by atoms with E-state index in [1.807, 2.05) is 0 Å². The molecule has 40 heavy (non-hydrogen) atoms. The minimum Gasteiger partial charge on any atom is -0.454 e. The Morgan fingerprint density at radius 3 is 2.48 bits per heavy atom. The molecule has 0 aliphatic carbocycles. The van der Waals surface area contributed by atoms with Crippen LogP contribution in [0.4, 0.5) is 43.9 Å². The Morgan fingerprint density at radius 1 is 0.975 bits per heavy atom. The van der Waals surface area contributed by atoms with Crippen LogP contribution in [0.2, 0.25) is 5.02 Å². The van der Waals surface area contributed by atoms with E-state index in [1.165, 1.54) is 12.1 Å². The topological polar surface area (TPSA) is 91.4 Å². The van der Waals surface area contributed by atoms with Crippen molar-refractivity contribution < 1.29 is 31.5 Å². The van der Waals surface area contributed by atoms with Crippen LogP contribution in [0, 0.1) is 11.6 Å². The summed E-state index contributed by atoms with van der Waals surface area (Å²) in [4.78, 5) is 23.5. The van der Waals surface area contributed by atoms with Crippen molar-refractivity contribution in [3.05, 3.63) is 76.9 Å². The molecular formula is C26H20ClF5N6O2. The van der Waals surface area contributed by atoms with Gasteiger partial charge >= 0.3 is 12.2 Å². The Morgan fingerprint density at radius 2 is 1.73 bits per heavy atom. The molecular weight excluding hydrogens is 559 g/mol. The van der Waals surface area contributed by atoms with Gasteiger partial charge in [0.2, 0.25) is 5.82 Å². The molecule has 3 N–H and O–H groups in total. The molecule has 2 heterocycles. The van der Waals surface area contributed by atoms with E-state index in [9.17, 15) is 26.7 Å². The number of nitrogens with one attached hydrogen (secondary N) is 3. The molecule has 3 aromatic carbocycles. The quantitative estimate of drug-likeness (QED) is 0.237. The zero-order chi connectivity index (χ0) is 28.4. The van der Waals surface area contributed by atoms with E-state index in [4.69, 9.17) is 16.3 Å². The molecule has 2 amide bonds. The first kappa shape index (κ1) is 27.3. The summed E-state index contributed by atoms with van der Waals surface area (Å²) in [6.45, 7) is 3.14. The summed E-state index contributed by atoms with van der Waals surface area (Å²) in [5.41, 5.74) is -0.524. The lowest BCUT2D eigenvalue weighted by Gasteiger charge is -2.28. The number of halogens is 6. The standard InChI is InChI=1S/C26H20ClF5N6O2/c27-18-3-1-14(9-17(18)26(30,31)32)35-25(39)36-15-10-19(28)24(29)22(11-15)40-16-2-4-20-21(12-16)37-23(13-34-20)38-7-5-33-6-8-38/h1-4,9-13,33H,5-8H2,(H2,35,36,39). The van der Waals surface area contributed by atoms with Gasteiger partial charge in [-0.25, -0.2) is 14.2 Å². The first-order chi connectivity index (χ1) is 19.1. The third-order valence-electron chi connectivity index (χ3n) is 5.95. The Labute approximate surface area is 229 Å². The number of ether oxygens (including phenoxy) is 1. The third-order valence-corrected chi connectivity index (χ3v) is 6.28. The van der Waals surface area contributed by atoms with Crippen LogP contribution in [0.3, 0.4) is 0 Å². The number of urea groups is 1. The lowest BCUT2D eigenvalue weighted by Crippen LogP contribution is -2.43. The fourth-order valence-corrected chi connectivity index (χ4v) is 4.27. The molecule has 1 fully saturated rings. The summed E-state index contributed by atoms with van der Waals surface area (Å²) in [6.07, 6.45) is -3.07. The van der Waals surface area contributed by atoms with Crippen molar-refractivity contribution in [3.63, 3.8) is 0 Å². The predicted molar refractivity (Wildman–Crippen MR) is 140 cm³/mol. The van der Waals surface area contributed by atoms with Crippen molar-refractivity contribution >= 4 is 45.9 Å². The molecule has 1 aliphatic heterocycles. The fourth-order valence-electron chi connectivity index (χ4n) is 4.04. The van der Waals surface area contributed by atoms with Crippen LogP contribution < -0.4 is 25.6 Å². The van der Waals surface area contributed by atoms with Crippen LogP contribution in [-0.4, -0.2) is 42.2 Å². The van der Waals surface area contributed by atoms with Gasteiger partial charge in [0.05, 0.1) is 27.8 Å². The zero-order valence-corrected chi connectivity index (χ0v) is 21.2. The van der Waals surface area contributed by atoms with E-state index in [0.29, 0.717) is 29.0 Å². The smallest absolute Gasteiger partial charge is 0.417 e. The van der Waals surface area contributed by atoms with E-state index in [0.717, 1.165) is 44.4 Å². The number of nitrogens with zero attached hydrogens (tertiary/aromatic N) is 3. The summed E-state index contributed by atoms with van der Waals surface area (Å²) in [7, 11) is 0. The van der Waals surface area contributed by atoms with Crippen LogP contribution in [0.1, 0.15) is 5.56 Å². The molecule has 1 aromatic heterocycles. The normalized spacial score (nSPS) is 13.8. The van der Waals surface area contributed by atoms with Gasteiger partial charge in [0.1, 0.15) is 11.6 Å². The number of hydrogen-bond donors (Lipinski definition) is 3. The maximum absolute atomic E-state index is 14.6. The summed E-state index contributed by atoms with van der Waals surface area (Å²) in [5, 5.41) is 7.16. The molecule has 0 saturated carbocycles. The Kier molecular flexibility index (Phi) is 7.59. The molecule has 1 saturated heterocycles. The number of rotatable bonds is 5. The molecule has 0 unspecified atom stereocenters. The number of benzene rings is 3. The Bertz CT molecular complexity index is 1580. The largest absolute Gasteiger partial charge is 0.454 e. The molecule has 208 valence electrons. The summed E-state index contributed by atoms with van der Waals surface area (Å²) < 4.78 is 73.8. The second-order valence-corrected chi connectivity index (χ2v) is 9.17. The molecule has 0 spiro atoms. The highest BCUT2D eigenvalue weighted by Crippen LogP contribution is 2.36. The van der Waals surface area contributed by atoms with Crippen molar-refractivity contribution in [2.75, 3.05) is 41.7 Å². The van der Waals surface area contributed by atoms with Gasteiger partial charge in [-0.05, 0) is 30.3 Å². The maximum atomic E-state index is 14.6. The van der Waals surface area contributed by atoms with E-state index in [2.05, 4.69) is 30.8 Å². The predicted octanol–water partition coefficient (Wildman–Crippen LogP) is 6.43. The van der Waals surface area contributed by atoms with Crippen LogP contribution in [-0.2, 0) is 6.18 Å². The van der Waals surface area contributed by atoms with E-state index >= 15 is 0 Å². The van der Waals surface area contributed by atoms with Gasteiger partial charge in [-0.15, -0.1) is 0 Å². The molecule has 8 nitrogen and oxygen atoms in total. The number of piperazine rings is 1. The lowest BCUT2D eigenvalue weighted by molar-refractivity contribution is -0.137. The molecule has 0 radical (unpaired) electrons. The third kappa shape index (κ3) is 6.15. The Balaban J connectivity index is 1.33. The number of carbonyl (C=O) groups is 1. The molecule has 14 heteroatoms. The first-order valence-electron chi connectivity index (χ1n) is 11.9. The molecule has 0 bridgehead atoms. The van der Waals surface area contributed by atoms with Gasteiger partial charge in [-0.2, -0.15) is 17.6 Å². The van der Waals surface area contributed by atoms with Crippen molar-refractivity contribution in [2.24, 2.45) is 0 Å². The highest BCUT2D eigenvalue weighted by Gasteiger charge is 2.33. The highest BCUT2D eigenvalue weighted by atomic mass is 35.5. The van der Waals surface area contributed by atoms with Gasteiger partial charge in [-0.1, -0.05) is 11.6 Å². The van der Waals surface area contributed by atoms with E-state index < -0.39 is 40.2 Å². The van der Waals surface area contributed by atoms with Crippen LogP contribution >= 0.6 is 11.6 Å². The van der Waals surface area contributed by atoms with Crippen molar-refractivity contribution in [3.8, 4) is 11.5 Å². The fraction of sp³-hybridized carbons (Fsp3) is 0.192. The minimum atomic E-state index is -4.74. The molecule has 1 aliphatic rings. The molecule has 4 aromatic rings. The SMILES string of the molecule is O=C(Nc1cc(F)c(F)c(Oc2ccc3ncc(N4CCNCC4)nc3c2)c1)Nc1ccc(Cl)c(C(F)(F)F)c1. The highest BCUT2D eigenvalue weighted by molar-refractivity contribution is 6.31. The number of carbonyl (C=O) groups excluding carboxylic acids is 1. The monoisotopic (exact) mass is 578 g/mol. The lowest BCUT2D eigenvalue weighted by atomic mass is 10.2. The second-order valence-electron chi connectivity index (χ2n) is 8.76. The Hall–Kier alpha value is -4.23. The maximum Gasteiger partial charge on any atom is 0.417 e. The number of aromatic nitrogens is 2. The van der Waals surface area contributed by atoms with Crippen LogP contribution in [0.25, 0.3) is 11.0 Å². The summed E-state index contributed by atoms with van der Waals surface area (Å²) in [5.74, 6) is -2.35. The van der Waals surface area contributed by atoms with Gasteiger partial charge in [0.25, 0.3) is 0 Å². The van der Waals surface area contributed by atoms with E-state index in [-0.39, 0.29) is 17.1 Å². The minimum absolute atomic E-state index is 0.139. The average molecular weight is 579 g/mol.